The van der Waals surface area contributed by atoms with Gasteiger partial charge in [-0.3, -0.25) is 14.2 Å². The molecule has 0 fully saturated rings. The molecule has 1 unspecified atom stereocenters. The molecule has 31 heavy (non-hydrogen) atoms. The van der Waals surface area contributed by atoms with Crippen molar-refractivity contribution in [3.8, 4) is 5.75 Å². The average molecular weight is 437 g/mol. The molecule has 0 saturated carbocycles. The number of rotatable bonds is 4. The Kier molecular flexibility index (Phi) is 5.56. The van der Waals surface area contributed by atoms with Gasteiger partial charge < -0.3 is 10.2 Å². The molecule has 2 aromatic carbocycles. The molecule has 0 spiro atoms. The minimum Gasteiger partial charge on any atom is -0.505 e. The zero-order valence-corrected chi connectivity index (χ0v) is 16.8. The number of aromatic nitrogens is 1. The Morgan fingerprint density at radius 2 is 1.65 bits per heavy atom. The fraction of sp³-hybridized carbons (Fsp3) is 0.273. The normalized spacial score (nSPS) is 13.0. The van der Waals surface area contributed by atoms with Gasteiger partial charge in [-0.2, -0.15) is 13.2 Å². The summed E-state index contributed by atoms with van der Waals surface area (Å²) in [6, 6.07) is 5.49. The highest BCUT2D eigenvalue weighted by Crippen LogP contribution is 2.39. The number of hydrogen-bond donors (Lipinski definition) is 2. The number of phenolic OH excluding ortho intramolecular Hbond substituents is 1. The van der Waals surface area contributed by atoms with Gasteiger partial charge in [-0.25, -0.2) is 4.39 Å². The molecule has 0 radical (unpaired) electrons. The zero-order valence-electron chi connectivity index (χ0n) is 16.8. The molecule has 0 aliphatic carbocycles. The van der Waals surface area contributed by atoms with Crippen molar-refractivity contribution in [1.82, 2.24) is 4.57 Å². The van der Waals surface area contributed by atoms with Crippen LogP contribution in [0, 0.1) is 18.7 Å². The van der Waals surface area contributed by atoms with Gasteiger partial charge in [-0.15, -0.1) is 0 Å². The lowest BCUT2D eigenvalue weighted by molar-refractivity contribution is -0.140. The highest BCUT2D eigenvalue weighted by atomic mass is 19.4. The topological polar surface area (TPSA) is 79.5 Å². The number of halogens is 4. The van der Waals surface area contributed by atoms with Gasteiger partial charge in [0.2, 0.25) is 0 Å². The van der Waals surface area contributed by atoms with E-state index in [1.165, 1.54) is 6.92 Å². The Morgan fingerprint density at radius 3 is 2.13 bits per heavy atom. The van der Waals surface area contributed by atoms with Crippen molar-refractivity contribution in [3.63, 3.8) is 0 Å². The number of phenols is 1. The number of alkyl halides is 3. The number of benzene rings is 2. The number of aliphatic carboxylic acids is 1. The molecule has 0 amide bonds. The van der Waals surface area contributed by atoms with E-state index in [-0.39, 0.29) is 27.7 Å². The SMILES string of the molecule is Cc1c(C(C(=O)O)C(C)C)c2cc(O)c(F)cc2n1C(=O)c1ccc(C(F)(F)F)cc1. The Balaban J connectivity index is 2.27. The standard InChI is InChI=1S/C22H19F4NO4/c1-10(2)18(21(30)31)19-11(3)27(16-9-15(23)17(28)8-14(16)19)20(29)12-4-6-13(7-5-12)22(24,25)26/h4-10,18,28H,1-3H3,(H,30,31). The Bertz CT molecular complexity index is 1180. The molecule has 0 bridgehead atoms. The highest BCUT2D eigenvalue weighted by molar-refractivity contribution is 6.05. The van der Waals surface area contributed by atoms with Crippen LogP contribution >= 0.6 is 0 Å². The summed E-state index contributed by atoms with van der Waals surface area (Å²) in [7, 11) is 0. The van der Waals surface area contributed by atoms with Crippen molar-refractivity contribution < 1.29 is 37.4 Å². The van der Waals surface area contributed by atoms with Crippen LogP contribution in [0.3, 0.4) is 0 Å². The molecule has 164 valence electrons. The molecule has 0 aliphatic rings. The van der Waals surface area contributed by atoms with Crippen LogP contribution in [0.2, 0.25) is 0 Å². The van der Waals surface area contributed by atoms with Crippen molar-refractivity contribution >= 4 is 22.8 Å². The van der Waals surface area contributed by atoms with Crippen LogP contribution in [-0.4, -0.2) is 26.7 Å². The number of carbonyl (C=O) groups excluding carboxylic acids is 1. The monoisotopic (exact) mass is 437 g/mol. The fourth-order valence-corrected chi connectivity index (χ4v) is 3.78. The molecule has 3 aromatic rings. The Hall–Kier alpha value is -3.36. The second-order valence-corrected chi connectivity index (χ2v) is 7.60. The minimum atomic E-state index is -4.57. The lowest BCUT2D eigenvalue weighted by Crippen LogP contribution is -2.20. The predicted octanol–water partition coefficient (Wildman–Crippen LogP) is 5.33. The number of hydrogen-bond acceptors (Lipinski definition) is 3. The molecule has 2 N–H and O–H groups in total. The fourth-order valence-electron chi connectivity index (χ4n) is 3.78. The molecule has 1 heterocycles. The van der Waals surface area contributed by atoms with Crippen LogP contribution in [0.4, 0.5) is 17.6 Å². The third kappa shape index (κ3) is 3.87. The molecule has 9 heteroatoms. The van der Waals surface area contributed by atoms with E-state index in [0.29, 0.717) is 0 Å². The van der Waals surface area contributed by atoms with Crippen LogP contribution in [0.25, 0.3) is 10.9 Å². The van der Waals surface area contributed by atoms with Crippen molar-refractivity contribution in [1.29, 1.82) is 0 Å². The van der Waals surface area contributed by atoms with E-state index in [1.54, 1.807) is 13.8 Å². The lowest BCUT2D eigenvalue weighted by Gasteiger charge is -2.17. The number of carbonyl (C=O) groups is 2. The molecular formula is C22H19F4NO4. The van der Waals surface area contributed by atoms with E-state index in [0.717, 1.165) is 41.0 Å². The van der Waals surface area contributed by atoms with Gasteiger partial charge in [0, 0.05) is 22.7 Å². The molecule has 1 atom stereocenters. The zero-order chi connectivity index (χ0) is 23.2. The van der Waals surface area contributed by atoms with E-state index in [2.05, 4.69) is 0 Å². The summed E-state index contributed by atoms with van der Waals surface area (Å²) in [5, 5.41) is 19.8. The average Bonchev–Trinajstić information content (AvgIpc) is 2.92. The second-order valence-electron chi connectivity index (χ2n) is 7.60. The predicted molar refractivity (Wildman–Crippen MR) is 105 cm³/mol. The van der Waals surface area contributed by atoms with Crippen molar-refractivity contribution in [2.24, 2.45) is 5.92 Å². The Morgan fingerprint density at radius 1 is 1.06 bits per heavy atom. The van der Waals surface area contributed by atoms with E-state index in [4.69, 9.17) is 0 Å². The van der Waals surface area contributed by atoms with Crippen LogP contribution in [-0.2, 0) is 11.0 Å². The van der Waals surface area contributed by atoms with Crippen LogP contribution < -0.4 is 0 Å². The van der Waals surface area contributed by atoms with E-state index < -0.39 is 47.0 Å². The summed E-state index contributed by atoms with van der Waals surface area (Å²) in [4.78, 5) is 25.1. The first-order valence-corrected chi connectivity index (χ1v) is 9.32. The number of aromatic hydroxyl groups is 1. The van der Waals surface area contributed by atoms with E-state index in [9.17, 15) is 37.4 Å². The van der Waals surface area contributed by atoms with Crippen molar-refractivity contribution in [3.05, 3.63) is 64.6 Å². The summed E-state index contributed by atoms with van der Waals surface area (Å²) < 4.78 is 53.7. The summed E-state index contributed by atoms with van der Waals surface area (Å²) in [6.07, 6.45) is -4.57. The number of nitrogens with zero attached hydrogens (tertiary/aromatic N) is 1. The van der Waals surface area contributed by atoms with Crippen LogP contribution in [0.5, 0.6) is 5.75 Å². The maximum Gasteiger partial charge on any atom is 0.416 e. The Labute approximate surface area is 174 Å². The van der Waals surface area contributed by atoms with Gasteiger partial charge in [0.1, 0.15) is 0 Å². The molecule has 3 rings (SSSR count). The smallest absolute Gasteiger partial charge is 0.416 e. The molecule has 5 nitrogen and oxygen atoms in total. The van der Waals surface area contributed by atoms with E-state index >= 15 is 0 Å². The number of fused-ring (bicyclic) bond motifs is 1. The molecule has 0 aliphatic heterocycles. The van der Waals surface area contributed by atoms with Crippen LogP contribution in [0.15, 0.2) is 36.4 Å². The highest BCUT2D eigenvalue weighted by Gasteiger charge is 2.33. The maximum absolute atomic E-state index is 14.1. The first-order chi connectivity index (χ1) is 14.3. The number of carboxylic acids is 1. The first-order valence-electron chi connectivity index (χ1n) is 9.32. The summed E-state index contributed by atoms with van der Waals surface area (Å²) in [5.74, 6) is -5.10. The minimum absolute atomic E-state index is 0.0135. The lowest BCUT2D eigenvalue weighted by atomic mass is 9.86. The molecular weight excluding hydrogens is 418 g/mol. The van der Waals surface area contributed by atoms with Crippen LogP contribution in [0.1, 0.15) is 46.9 Å². The molecule has 1 aromatic heterocycles. The number of carboxylic acid groups (broad SMARTS) is 1. The third-order valence-electron chi connectivity index (χ3n) is 5.23. The first kappa shape index (κ1) is 22.3. The van der Waals surface area contributed by atoms with Gasteiger partial charge in [-0.05, 0) is 48.7 Å². The summed E-state index contributed by atoms with van der Waals surface area (Å²) >= 11 is 0. The van der Waals surface area contributed by atoms with Gasteiger partial charge in [-0.1, -0.05) is 13.8 Å². The van der Waals surface area contributed by atoms with Gasteiger partial charge >= 0.3 is 12.1 Å². The van der Waals surface area contributed by atoms with Gasteiger partial charge in [0.15, 0.2) is 11.6 Å². The quantitative estimate of drug-likeness (QED) is 0.541. The third-order valence-corrected chi connectivity index (χ3v) is 5.23. The largest absolute Gasteiger partial charge is 0.505 e. The summed E-state index contributed by atoms with van der Waals surface area (Å²) in [6.45, 7) is 4.81. The van der Waals surface area contributed by atoms with Crippen molar-refractivity contribution in [2.75, 3.05) is 0 Å². The van der Waals surface area contributed by atoms with Gasteiger partial charge in [0.05, 0.1) is 17.0 Å². The van der Waals surface area contributed by atoms with Gasteiger partial charge in [0.25, 0.3) is 5.91 Å². The van der Waals surface area contributed by atoms with E-state index in [1.807, 2.05) is 0 Å². The second kappa shape index (κ2) is 7.72. The van der Waals surface area contributed by atoms with Crippen molar-refractivity contribution in [2.45, 2.75) is 32.9 Å². The summed E-state index contributed by atoms with van der Waals surface area (Å²) in [5.41, 5.74) is -0.580. The molecule has 0 saturated heterocycles. The maximum atomic E-state index is 14.1.